The number of nitrogens with one attached hydrogen (secondary N) is 2. The highest BCUT2D eigenvalue weighted by Crippen LogP contribution is 2.37. The Morgan fingerprint density at radius 3 is 2.23 bits per heavy atom. The molecule has 0 aromatic heterocycles. The number of rotatable bonds is 6. The van der Waals surface area contributed by atoms with Crippen LogP contribution in [-0.2, 0) is 6.54 Å². The van der Waals surface area contributed by atoms with Crippen LogP contribution in [0.3, 0.4) is 0 Å². The lowest BCUT2D eigenvalue weighted by molar-refractivity contribution is 0.112. The van der Waals surface area contributed by atoms with Crippen LogP contribution in [0.2, 0.25) is 0 Å². The van der Waals surface area contributed by atoms with E-state index in [4.69, 9.17) is 4.74 Å². The molecule has 30 heavy (non-hydrogen) atoms. The van der Waals surface area contributed by atoms with Crippen LogP contribution in [0.25, 0.3) is 0 Å². The van der Waals surface area contributed by atoms with Crippen molar-refractivity contribution in [1.82, 2.24) is 10.2 Å². The van der Waals surface area contributed by atoms with Crippen LogP contribution in [0.4, 0.5) is 10.5 Å². The Hall–Kier alpha value is -2.53. The van der Waals surface area contributed by atoms with E-state index in [-0.39, 0.29) is 12.1 Å². The van der Waals surface area contributed by atoms with Crippen LogP contribution in [0.1, 0.15) is 56.6 Å². The van der Waals surface area contributed by atoms with E-state index in [2.05, 4.69) is 53.6 Å². The van der Waals surface area contributed by atoms with E-state index in [9.17, 15) is 4.79 Å². The molecule has 2 saturated heterocycles. The number of nitrogens with zero attached hydrogens (tertiary/aromatic N) is 1. The topological polar surface area (TPSA) is 53.6 Å². The number of methoxy groups -OCH3 is 1. The molecule has 0 saturated carbocycles. The second kappa shape index (κ2) is 9.09. The molecule has 2 heterocycles. The third-order valence-electron chi connectivity index (χ3n) is 6.58. The van der Waals surface area contributed by atoms with Gasteiger partial charge in [-0.05, 0) is 67.0 Å². The van der Waals surface area contributed by atoms with E-state index in [0.29, 0.717) is 18.0 Å². The van der Waals surface area contributed by atoms with E-state index in [0.717, 1.165) is 30.8 Å². The number of urea groups is 1. The van der Waals surface area contributed by atoms with Crippen LogP contribution in [0, 0.1) is 0 Å². The highest BCUT2D eigenvalue weighted by Gasteiger charge is 2.40. The smallest absolute Gasteiger partial charge is 0.319 e. The van der Waals surface area contributed by atoms with Crippen LogP contribution in [-0.4, -0.2) is 36.2 Å². The first-order valence-electron chi connectivity index (χ1n) is 11.1. The van der Waals surface area contributed by atoms with Crippen molar-refractivity contribution in [3.63, 3.8) is 0 Å². The molecule has 2 N–H and O–H groups in total. The van der Waals surface area contributed by atoms with Crippen LogP contribution in [0.15, 0.2) is 48.5 Å². The Kier molecular flexibility index (Phi) is 6.28. The van der Waals surface area contributed by atoms with Crippen molar-refractivity contribution in [1.29, 1.82) is 0 Å². The normalized spacial score (nSPS) is 23.4. The zero-order valence-corrected chi connectivity index (χ0v) is 18.2. The first-order chi connectivity index (χ1) is 14.5. The summed E-state index contributed by atoms with van der Waals surface area (Å²) in [6.45, 7) is 5.31. The summed E-state index contributed by atoms with van der Waals surface area (Å²) < 4.78 is 5.26. The molecular formula is C25H33N3O2. The molecule has 2 fully saturated rings. The van der Waals surface area contributed by atoms with E-state index in [1.807, 2.05) is 24.3 Å². The Morgan fingerprint density at radius 1 is 1.03 bits per heavy atom. The molecule has 2 amide bonds. The van der Waals surface area contributed by atoms with Gasteiger partial charge in [0.1, 0.15) is 5.75 Å². The fourth-order valence-electron chi connectivity index (χ4n) is 4.90. The number of hydrogen-bond donors (Lipinski definition) is 2. The maximum Gasteiger partial charge on any atom is 0.319 e. The van der Waals surface area contributed by atoms with Gasteiger partial charge in [-0.3, -0.25) is 4.90 Å². The fraction of sp³-hybridized carbons (Fsp3) is 0.480. The third kappa shape index (κ3) is 4.78. The van der Waals surface area contributed by atoms with E-state index >= 15 is 0 Å². The van der Waals surface area contributed by atoms with Gasteiger partial charge in [-0.15, -0.1) is 0 Å². The van der Waals surface area contributed by atoms with Crippen molar-refractivity contribution in [3.05, 3.63) is 59.7 Å². The Balaban J connectivity index is 1.30. The molecule has 0 aliphatic carbocycles. The number of piperidine rings is 1. The Morgan fingerprint density at radius 2 is 1.67 bits per heavy atom. The molecule has 1 unspecified atom stereocenters. The van der Waals surface area contributed by atoms with E-state index < -0.39 is 0 Å². The number of anilines is 1. The molecule has 3 atom stereocenters. The molecule has 5 nitrogen and oxygen atoms in total. The number of carbonyl (C=O) groups is 1. The van der Waals surface area contributed by atoms with Crippen molar-refractivity contribution in [2.75, 3.05) is 12.4 Å². The second-order valence-electron chi connectivity index (χ2n) is 8.95. The number of amides is 2. The van der Waals surface area contributed by atoms with Gasteiger partial charge in [0.15, 0.2) is 0 Å². The second-order valence-corrected chi connectivity index (χ2v) is 8.95. The molecule has 160 valence electrons. The molecule has 2 aliphatic rings. The van der Waals surface area contributed by atoms with Crippen molar-refractivity contribution in [2.24, 2.45) is 0 Å². The molecule has 5 heteroatoms. The summed E-state index contributed by atoms with van der Waals surface area (Å²) in [6, 6.07) is 17.7. The van der Waals surface area contributed by atoms with Gasteiger partial charge in [0.05, 0.1) is 7.11 Å². The van der Waals surface area contributed by atoms with Crippen LogP contribution < -0.4 is 15.4 Å². The summed E-state index contributed by atoms with van der Waals surface area (Å²) in [5, 5.41) is 6.20. The lowest BCUT2D eigenvalue weighted by Crippen LogP contribution is -2.50. The van der Waals surface area contributed by atoms with Crippen molar-refractivity contribution >= 4 is 11.7 Å². The molecule has 2 bridgehead atoms. The summed E-state index contributed by atoms with van der Waals surface area (Å²) in [6.07, 6.45) is 4.48. The summed E-state index contributed by atoms with van der Waals surface area (Å²) in [5.41, 5.74) is 3.44. The standard InChI is InChI=1S/C25H33N3O2/c1-17(2)19-6-8-20(9-7-19)26-25(29)27-21-14-22-10-11-23(15-21)28(22)16-18-4-12-24(30-3)13-5-18/h4-9,12-13,17,21-23H,10-11,14-16H2,1-3H3,(H2,26,27,29)/t21?,22-,23+. The van der Waals surface area contributed by atoms with Crippen molar-refractivity contribution in [3.8, 4) is 5.75 Å². The first-order valence-corrected chi connectivity index (χ1v) is 11.1. The molecule has 4 rings (SSSR count). The zero-order valence-electron chi connectivity index (χ0n) is 18.2. The first kappa shape index (κ1) is 20.7. The average molecular weight is 408 g/mol. The number of benzene rings is 2. The summed E-state index contributed by atoms with van der Waals surface area (Å²) in [7, 11) is 1.70. The lowest BCUT2D eigenvalue weighted by atomic mass is 9.96. The molecular weight excluding hydrogens is 374 g/mol. The minimum Gasteiger partial charge on any atom is -0.497 e. The Labute approximate surface area is 179 Å². The Bertz CT molecular complexity index is 834. The SMILES string of the molecule is COc1ccc(CN2[C@@H]3CC[C@H]2CC(NC(=O)Nc2ccc(C(C)C)cc2)C3)cc1. The van der Waals surface area contributed by atoms with Gasteiger partial charge in [0.2, 0.25) is 0 Å². The third-order valence-corrected chi connectivity index (χ3v) is 6.58. The summed E-state index contributed by atoms with van der Waals surface area (Å²) in [5.74, 6) is 1.39. The number of ether oxygens (including phenoxy) is 1. The maximum atomic E-state index is 12.5. The number of carbonyl (C=O) groups excluding carboxylic acids is 1. The van der Waals surface area contributed by atoms with Gasteiger partial charge in [0, 0.05) is 30.4 Å². The molecule has 0 radical (unpaired) electrons. The van der Waals surface area contributed by atoms with Gasteiger partial charge in [-0.25, -0.2) is 4.79 Å². The van der Waals surface area contributed by atoms with Gasteiger partial charge in [-0.2, -0.15) is 0 Å². The fourth-order valence-corrected chi connectivity index (χ4v) is 4.90. The monoisotopic (exact) mass is 407 g/mol. The average Bonchev–Trinajstić information content (AvgIpc) is 2.96. The van der Waals surface area contributed by atoms with Crippen LogP contribution in [0.5, 0.6) is 5.75 Å². The van der Waals surface area contributed by atoms with Gasteiger partial charge >= 0.3 is 6.03 Å². The van der Waals surface area contributed by atoms with E-state index in [1.165, 1.54) is 24.0 Å². The predicted octanol–water partition coefficient (Wildman–Crippen LogP) is 5.14. The van der Waals surface area contributed by atoms with Gasteiger partial charge < -0.3 is 15.4 Å². The minimum absolute atomic E-state index is 0.0969. The molecule has 2 aromatic carbocycles. The van der Waals surface area contributed by atoms with Gasteiger partial charge in [-0.1, -0.05) is 38.1 Å². The number of hydrogen-bond acceptors (Lipinski definition) is 3. The highest BCUT2D eigenvalue weighted by molar-refractivity contribution is 5.89. The summed E-state index contributed by atoms with van der Waals surface area (Å²) >= 11 is 0. The summed E-state index contributed by atoms with van der Waals surface area (Å²) in [4.78, 5) is 15.1. The largest absolute Gasteiger partial charge is 0.497 e. The quantitative estimate of drug-likeness (QED) is 0.697. The highest BCUT2D eigenvalue weighted by atomic mass is 16.5. The van der Waals surface area contributed by atoms with E-state index in [1.54, 1.807) is 7.11 Å². The minimum atomic E-state index is -0.0969. The molecule has 2 aromatic rings. The molecule has 2 aliphatic heterocycles. The van der Waals surface area contributed by atoms with Crippen LogP contribution >= 0.6 is 0 Å². The predicted molar refractivity (Wildman–Crippen MR) is 121 cm³/mol. The number of fused-ring (bicyclic) bond motifs is 2. The molecule has 0 spiro atoms. The maximum absolute atomic E-state index is 12.5. The van der Waals surface area contributed by atoms with Crippen molar-refractivity contribution < 1.29 is 9.53 Å². The van der Waals surface area contributed by atoms with Crippen molar-refractivity contribution in [2.45, 2.75) is 70.1 Å². The van der Waals surface area contributed by atoms with Gasteiger partial charge in [0.25, 0.3) is 0 Å². The zero-order chi connectivity index (χ0) is 21.1. The lowest BCUT2D eigenvalue weighted by Gasteiger charge is -2.39.